The van der Waals surface area contributed by atoms with E-state index in [9.17, 15) is 9.90 Å². The van der Waals surface area contributed by atoms with Crippen LogP contribution in [0.5, 0.6) is 0 Å². The number of esters is 1. The van der Waals surface area contributed by atoms with Crippen molar-refractivity contribution < 1.29 is 14.6 Å². The molecule has 3 nitrogen and oxygen atoms in total. The summed E-state index contributed by atoms with van der Waals surface area (Å²) in [6, 6.07) is 0. The molecular weight excluding hydrogens is 192 g/mol. The first-order valence-corrected chi connectivity index (χ1v) is 5.49. The number of rotatable bonds is 0. The van der Waals surface area contributed by atoms with Crippen LogP contribution in [-0.4, -0.2) is 16.9 Å². The van der Waals surface area contributed by atoms with Crippen molar-refractivity contribution in [1.82, 2.24) is 0 Å². The third kappa shape index (κ3) is 0.780. The molecule has 0 radical (unpaired) electrons. The molecule has 15 heavy (non-hydrogen) atoms. The summed E-state index contributed by atoms with van der Waals surface area (Å²) >= 11 is 0. The number of carbonyl (C=O) groups excluding carboxylic acids is 1. The molecule has 3 heteroatoms. The Balaban J connectivity index is 2.57. The number of fused-ring (bicyclic) bond motifs is 1. The molecule has 1 aliphatic carbocycles. The van der Waals surface area contributed by atoms with Crippen molar-refractivity contribution in [2.24, 2.45) is 22.2 Å². The summed E-state index contributed by atoms with van der Waals surface area (Å²) in [6.45, 7) is 11.6. The highest BCUT2D eigenvalue weighted by molar-refractivity contribution is 5.80. The van der Waals surface area contributed by atoms with Crippen LogP contribution in [0.4, 0.5) is 0 Å². The average molecular weight is 212 g/mol. The second-order valence-corrected chi connectivity index (χ2v) is 6.12. The lowest BCUT2D eigenvalue weighted by molar-refractivity contribution is -0.265. The van der Waals surface area contributed by atoms with Gasteiger partial charge in [0.25, 0.3) is 0 Å². The van der Waals surface area contributed by atoms with Gasteiger partial charge in [-0.25, -0.2) is 0 Å². The Morgan fingerprint density at radius 2 is 1.60 bits per heavy atom. The number of carbonyl (C=O) groups is 1. The molecule has 86 valence electrons. The van der Waals surface area contributed by atoms with Crippen LogP contribution in [0.25, 0.3) is 0 Å². The van der Waals surface area contributed by atoms with Crippen LogP contribution in [0, 0.1) is 22.2 Å². The summed E-state index contributed by atoms with van der Waals surface area (Å²) in [5.74, 6) is -1.35. The van der Waals surface area contributed by atoms with Gasteiger partial charge in [-0.2, -0.15) is 0 Å². The lowest BCUT2D eigenvalue weighted by Gasteiger charge is -2.45. The van der Waals surface area contributed by atoms with Gasteiger partial charge >= 0.3 is 5.97 Å². The number of cyclic esters (lactones) is 1. The minimum Gasteiger partial charge on any atom is -0.433 e. The minimum absolute atomic E-state index is 0.182. The van der Waals surface area contributed by atoms with Crippen molar-refractivity contribution in [1.29, 1.82) is 0 Å². The quantitative estimate of drug-likeness (QED) is 0.624. The summed E-state index contributed by atoms with van der Waals surface area (Å²) in [6.07, 6.45) is 0. The van der Waals surface area contributed by atoms with Gasteiger partial charge in [0.1, 0.15) is 0 Å². The van der Waals surface area contributed by atoms with Crippen molar-refractivity contribution in [2.45, 2.75) is 47.3 Å². The first-order chi connectivity index (χ1) is 6.53. The number of hydrogen-bond acceptors (Lipinski definition) is 3. The molecule has 0 aromatic carbocycles. The van der Waals surface area contributed by atoms with Crippen molar-refractivity contribution in [2.75, 3.05) is 0 Å². The summed E-state index contributed by atoms with van der Waals surface area (Å²) in [5.41, 5.74) is -1.04. The highest BCUT2D eigenvalue weighted by Gasteiger charge is 2.85. The number of hydrogen-bond donors (Lipinski definition) is 1. The maximum absolute atomic E-state index is 11.9. The Bertz CT molecular complexity index is 345. The van der Waals surface area contributed by atoms with Crippen molar-refractivity contribution in [3.8, 4) is 0 Å². The molecule has 1 N–H and O–H groups in total. The second kappa shape index (κ2) is 2.24. The van der Waals surface area contributed by atoms with Gasteiger partial charge in [-0.1, -0.05) is 20.8 Å². The van der Waals surface area contributed by atoms with Crippen LogP contribution >= 0.6 is 0 Å². The molecule has 1 aliphatic heterocycles. The number of aliphatic hydroxyl groups is 1. The van der Waals surface area contributed by atoms with E-state index in [1.54, 1.807) is 6.92 Å². The molecule has 4 atom stereocenters. The standard InChI is InChI=1S/C12H20O3/c1-7-10(4)9(2,3)8(13)15-12(6,14)11(7,10)5/h7,14H,1-6H3. The highest BCUT2D eigenvalue weighted by Crippen LogP contribution is 2.81. The Labute approximate surface area is 90.8 Å². The molecule has 1 saturated heterocycles. The molecule has 0 spiro atoms. The maximum Gasteiger partial charge on any atom is 0.314 e. The van der Waals surface area contributed by atoms with E-state index < -0.39 is 11.2 Å². The summed E-state index contributed by atoms with van der Waals surface area (Å²) in [5, 5.41) is 10.2. The second-order valence-electron chi connectivity index (χ2n) is 6.12. The van der Waals surface area contributed by atoms with Crippen LogP contribution in [0.1, 0.15) is 41.5 Å². The molecule has 1 saturated carbocycles. The van der Waals surface area contributed by atoms with Crippen molar-refractivity contribution in [3.05, 3.63) is 0 Å². The molecule has 0 aromatic rings. The van der Waals surface area contributed by atoms with Crippen LogP contribution in [0.3, 0.4) is 0 Å². The predicted molar refractivity (Wildman–Crippen MR) is 55.9 cm³/mol. The molecular formula is C12H20O3. The fraction of sp³-hybridized carbons (Fsp3) is 0.917. The van der Waals surface area contributed by atoms with E-state index in [0.29, 0.717) is 0 Å². The normalized spacial score (nSPS) is 57.0. The Morgan fingerprint density at radius 1 is 1.13 bits per heavy atom. The Kier molecular flexibility index (Phi) is 1.63. The molecule has 2 rings (SSSR count). The lowest BCUT2D eigenvalue weighted by atomic mass is 9.68. The highest BCUT2D eigenvalue weighted by atomic mass is 16.7. The zero-order valence-electron chi connectivity index (χ0n) is 10.3. The third-order valence-corrected chi connectivity index (χ3v) is 5.79. The van der Waals surface area contributed by atoms with Gasteiger partial charge in [0.05, 0.1) is 5.41 Å². The van der Waals surface area contributed by atoms with Crippen molar-refractivity contribution >= 4 is 5.97 Å². The topological polar surface area (TPSA) is 46.5 Å². The molecule has 4 unspecified atom stereocenters. The van der Waals surface area contributed by atoms with Gasteiger partial charge in [0, 0.05) is 12.3 Å². The molecule has 1 heterocycles. The summed E-state index contributed by atoms with van der Waals surface area (Å²) in [4.78, 5) is 11.9. The zero-order chi connectivity index (χ0) is 11.9. The average Bonchev–Trinajstić information content (AvgIpc) is 2.53. The van der Waals surface area contributed by atoms with Gasteiger partial charge in [0.2, 0.25) is 5.79 Å². The molecule has 2 fully saturated rings. The van der Waals surface area contributed by atoms with Crippen LogP contribution < -0.4 is 0 Å². The monoisotopic (exact) mass is 212 g/mol. The number of ether oxygens (including phenoxy) is 1. The lowest BCUT2D eigenvalue weighted by Crippen LogP contribution is -2.54. The van der Waals surface area contributed by atoms with Crippen LogP contribution in [-0.2, 0) is 9.53 Å². The largest absolute Gasteiger partial charge is 0.433 e. The van der Waals surface area contributed by atoms with E-state index in [2.05, 4.69) is 13.8 Å². The smallest absolute Gasteiger partial charge is 0.314 e. The minimum atomic E-state index is -1.34. The van der Waals surface area contributed by atoms with E-state index in [4.69, 9.17) is 4.74 Å². The van der Waals surface area contributed by atoms with E-state index in [0.717, 1.165) is 0 Å². The van der Waals surface area contributed by atoms with Crippen molar-refractivity contribution in [3.63, 3.8) is 0 Å². The van der Waals surface area contributed by atoms with E-state index in [1.807, 2.05) is 20.8 Å². The summed E-state index contributed by atoms with van der Waals surface area (Å²) < 4.78 is 5.20. The van der Waals surface area contributed by atoms with Crippen LogP contribution in [0.2, 0.25) is 0 Å². The third-order valence-electron chi connectivity index (χ3n) is 5.79. The molecule has 2 aliphatic rings. The van der Waals surface area contributed by atoms with E-state index in [-0.39, 0.29) is 22.7 Å². The fourth-order valence-corrected chi connectivity index (χ4v) is 3.76. The van der Waals surface area contributed by atoms with Gasteiger partial charge in [-0.05, 0) is 25.2 Å². The molecule has 0 amide bonds. The predicted octanol–water partition coefficient (Wildman–Crippen LogP) is 1.94. The Hall–Kier alpha value is -0.570. The Morgan fingerprint density at radius 3 is 2.07 bits per heavy atom. The summed E-state index contributed by atoms with van der Waals surface area (Å²) in [7, 11) is 0. The van der Waals surface area contributed by atoms with E-state index in [1.165, 1.54) is 0 Å². The van der Waals surface area contributed by atoms with Crippen LogP contribution in [0.15, 0.2) is 0 Å². The van der Waals surface area contributed by atoms with Gasteiger partial charge in [0.15, 0.2) is 0 Å². The van der Waals surface area contributed by atoms with Gasteiger partial charge in [-0.15, -0.1) is 0 Å². The zero-order valence-corrected chi connectivity index (χ0v) is 10.3. The SMILES string of the molecule is CC1C2(C)C(C)(O)OC(=O)C(C)(C)C12C. The van der Waals surface area contributed by atoms with Gasteiger partial charge < -0.3 is 9.84 Å². The first kappa shape index (κ1) is 10.9. The molecule has 0 aromatic heterocycles. The molecule has 0 bridgehead atoms. The first-order valence-electron chi connectivity index (χ1n) is 5.49. The maximum atomic E-state index is 11.9. The van der Waals surface area contributed by atoms with E-state index >= 15 is 0 Å². The fourth-order valence-electron chi connectivity index (χ4n) is 3.76. The van der Waals surface area contributed by atoms with Gasteiger partial charge in [-0.3, -0.25) is 4.79 Å².